The summed E-state index contributed by atoms with van der Waals surface area (Å²) in [4.78, 5) is 0. The van der Waals surface area contributed by atoms with Gasteiger partial charge in [0.2, 0.25) is 0 Å². The Morgan fingerprint density at radius 1 is 1.40 bits per heavy atom. The summed E-state index contributed by atoms with van der Waals surface area (Å²) < 4.78 is 10.2. The predicted octanol–water partition coefficient (Wildman–Crippen LogP) is -2.60. The number of aliphatic hydroxyl groups is 3. The molecule has 1 aliphatic rings. The van der Waals surface area contributed by atoms with Crippen LogP contribution in [0.4, 0.5) is 0 Å². The van der Waals surface area contributed by atoms with Gasteiger partial charge >= 0.3 is 0 Å². The van der Waals surface area contributed by atoms with Gasteiger partial charge in [-0.2, -0.15) is 0 Å². The molecule has 1 rings (SSSR count). The number of hydrogen-bond acceptors (Lipinski definition) is 6. The summed E-state index contributed by atoms with van der Waals surface area (Å²) in [6.45, 7) is -0.444. The Morgan fingerprint density at radius 3 is 2.60 bits per heavy atom. The number of aliphatic hydroxyl groups excluding tert-OH is 3. The van der Waals surface area contributed by atoms with Crippen molar-refractivity contribution < 1.29 is 24.8 Å². The lowest BCUT2D eigenvalue weighted by Gasteiger charge is -2.40. The smallest absolute Gasteiger partial charge is 0.177 e. The highest BCUT2D eigenvalue weighted by molar-refractivity contribution is 4.92. The van der Waals surface area contributed by atoms with Crippen LogP contribution in [0.2, 0.25) is 0 Å². The molecule has 0 amide bonds. The van der Waals surface area contributed by atoms with E-state index in [0.717, 1.165) is 0 Å². The van der Waals surface area contributed by atoms with Crippen LogP contribution < -0.4 is 5.73 Å². The van der Waals surface area contributed by atoms with Crippen LogP contribution in [0.15, 0.2) is 0 Å². The van der Waals surface area contributed by atoms with E-state index in [2.05, 4.69) is 5.92 Å². The number of terminal acetylenes is 1. The molecule has 0 saturated carbocycles. The van der Waals surface area contributed by atoms with Crippen LogP contribution >= 0.6 is 0 Å². The molecule has 0 bridgehead atoms. The van der Waals surface area contributed by atoms with Crippen molar-refractivity contribution in [2.75, 3.05) is 13.2 Å². The predicted molar refractivity (Wildman–Crippen MR) is 50.5 cm³/mol. The minimum absolute atomic E-state index is 0.0146. The molecule has 1 saturated heterocycles. The third-order valence-electron chi connectivity index (χ3n) is 2.26. The van der Waals surface area contributed by atoms with Gasteiger partial charge in [-0.05, 0) is 0 Å². The Kier molecular flexibility index (Phi) is 4.47. The zero-order chi connectivity index (χ0) is 11.4. The summed E-state index contributed by atoms with van der Waals surface area (Å²) in [7, 11) is 0. The van der Waals surface area contributed by atoms with Gasteiger partial charge in [-0.25, -0.2) is 0 Å². The molecule has 1 fully saturated rings. The van der Waals surface area contributed by atoms with Crippen molar-refractivity contribution >= 4 is 0 Å². The largest absolute Gasteiger partial charge is 0.394 e. The summed E-state index contributed by atoms with van der Waals surface area (Å²) in [6.07, 6.45) is 0.718. The fourth-order valence-corrected chi connectivity index (χ4v) is 1.38. The van der Waals surface area contributed by atoms with Crippen molar-refractivity contribution in [3.63, 3.8) is 0 Å². The van der Waals surface area contributed by atoms with E-state index in [4.69, 9.17) is 26.7 Å². The Hall–Kier alpha value is -0.680. The van der Waals surface area contributed by atoms with Crippen LogP contribution in [-0.4, -0.2) is 59.2 Å². The van der Waals surface area contributed by atoms with Crippen molar-refractivity contribution in [2.45, 2.75) is 30.6 Å². The van der Waals surface area contributed by atoms with E-state index in [1.54, 1.807) is 0 Å². The highest BCUT2D eigenvalue weighted by atomic mass is 16.7. The Morgan fingerprint density at radius 2 is 2.07 bits per heavy atom. The third kappa shape index (κ3) is 2.66. The zero-order valence-corrected chi connectivity index (χ0v) is 8.11. The first-order valence-electron chi connectivity index (χ1n) is 4.55. The lowest BCUT2D eigenvalue weighted by Crippen LogP contribution is -2.62. The van der Waals surface area contributed by atoms with Crippen molar-refractivity contribution in [3.05, 3.63) is 0 Å². The fraction of sp³-hybridized carbons (Fsp3) is 0.778. The monoisotopic (exact) mass is 217 g/mol. The van der Waals surface area contributed by atoms with Gasteiger partial charge in [0.25, 0.3) is 0 Å². The summed E-state index contributed by atoms with van der Waals surface area (Å²) in [5.41, 5.74) is 5.56. The molecule has 0 aliphatic carbocycles. The standard InChI is InChI=1S/C9H15NO5/c1-2-3-14-9-6(10)8(13)7(12)5(4-11)15-9/h1,5-9,11-13H,3-4,10H2/t5-,6-,7-,8-,9-/m1/s1. The molecule has 0 aromatic carbocycles. The second-order valence-electron chi connectivity index (χ2n) is 3.30. The quantitative estimate of drug-likeness (QED) is 0.386. The molecule has 6 heteroatoms. The molecule has 0 radical (unpaired) electrons. The molecule has 86 valence electrons. The van der Waals surface area contributed by atoms with Crippen LogP contribution in [0.1, 0.15) is 0 Å². The highest BCUT2D eigenvalue weighted by Crippen LogP contribution is 2.20. The maximum Gasteiger partial charge on any atom is 0.177 e. The number of rotatable bonds is 3. The van der Waals surface area contributed by atoms with Gasteiger partial charge < -0.3 is 30.5 Å². The number of ether oxygens (including phenoxy) is 2. The molecule has 15 heavy (non-hydrogen) atoms. The molecule has 0 aromatic rings. The average Bonchev–Trinajstić information content (AvgIpc) is 2.25. The first kappa shape index (κ1) is 12.4. The van der Waals surface area contributed by atoms with Gasteiger partial charge in [-0.15, -0.1) is 6.42 Å². The molecular weight excluding hydrogens is 202 g/mol. The topological polar surface area (TPSA) is 105 Å². The van der Waals surface area contributed by atoms with Crippen molar-refractivity contribution in [1.29, 1.82) is 0 Å². The highest BCUT2D eigenvalue weighted by Gasteiger charge is 2.42. The molecule has 6 nitrogen and oxygen atoms in total. The SMILES string of the molecule is C#CCO[C@@H]1O[C@H](CO)[C@@H](O)[C@H](O)[C@H]1N. The maximum atomic E-state index is 9.52. The van der Waals surface area contributed by atoms with Crippen molar-refractivity contribution in [2.24, 2.45) is 5.73 Å². The minimum atomic E-state index is -1.23. The van der Waals surface area contributed by atoms with Gasteiger partial charge in [-0.3, -0.25) is 0 Å². The van der Waals surface area contributed by atoms with E-state index in [-0.39, 0.29) is 6.61 Å². The lowest BCUT2D eigenvalue weighted by molar-refractivity contribution is -0.262. The first-order chi connectivity index (χ1) is 7.11. The number of hydrogen-bond donors (Lipinski definition) is 4. The fourth-order valence-electron chi connectivity index (χ4n) is 1.38. The second-order valence-corrected chi connectivity index (χ2v) is 3.30. The molecular formula is C9H15NO5. The Balaban J connectivity index is 2.62. The molecule has 1 aliphatic heterocycles. The van der Waals surface area contributed by atoms with Gasteiger partial charge in [0.15, 0.2) is 6.29 Å². The number of nitrogens with two attached hydrogens (primary N) is 1. The van der Waals surface area contributed by atoms with Crippen LogP contribution in [0.25, 0.3) is 0 Å². The van der Waals surface area contributed by atoms with Crippen molar-refractivity contribution in [3.8, 4) is 12.3 Å². The van der Waals surface area contributed by atoms with E-state index in [1.165, 1.54) is 0 Å². The van der Waals surface area contributed by atoms with Crippen LogP contribution in [0.5, 0.6) is 0 Å². The van der Waals surface area contributed by atoms with E-state index < -0.39 is 37.3 Å². The molecule has 5 N–H and O–H groups in total. The zero-order valence-electron chi connectivity index (χ0n) is 8.11. The molecule has 5 atom stereocenters. The maximum absolute atomic E-state index is 9.52. The van der Waals surface area contributed by atoms with Gasteiger partial charge in [0.05, 0.1) is 12.6 Å². The van der Waals surface area contributed by atoms with Crippen molar-refractivity contribution in [1.82, 2.24) is 0 Å². The van der Waals surface area contributed by atoms with E-state index >= 15 is 0 Å². The summed E-state index contributed by atoms with van der Waals surface area (Å²) >= 11 is 0. The molecule has 0 unspecified atom stereocenters. The molecule has 0 aromatic heterocycles. The van der Waals surface area contributed by atoms with Gasteiger partial charge in [-0.1, -0.05) is 5.92 Å². The Bertz CT molecular complexity index is 239. The van der Waals surface area contributed by atoms with E-state index in [1.807, 2.05) is 0 Å². The van der Waals surface area contributed by atoms with Crippen LogP contribution in [-0.2, 0) is 9.47 Å². The first-order valence-corrected chi connectivity index (χ1v) is 4.55. The average molecular weight is 217 g/mol. The lowest BCUT2D eigenvalue weighted by atomic mass is 9.98. The molecule has 0 spiro atoms. The van der Waals surface area contributed by atoms with Gasteiger partial charge in [0, 0.05) is 0 Å². The molecule has 1 heterocycles. The third-order valence-corrected chi connectivity index (χ3v) is 2.26. The summed E-state index contributed by atoms with van der Waals surface area (Å²) in [6, 6.07) is -0.892. The second kappa shape index (κ2) is 5.42. The van der Waals surface area contributed by atoms with Crippen LogP contribution in [0, 0.1) is 12.3 Å². The summed E-state index contributed by atoms with van der Waals surface area (Å²) in [5.74, 6) is 2.23. The Labute approximate surface area is 87.6 Å². The van der Waals surface area contributed by atoms with Gasteiger partial charge in [0.1, 0.15) is 24.9 Å². The minimum Gasteiger partial charge on any atom is -0.394 e. The van der Waals surface area contributed by atoms with Crippen LogP contribution in [0.3, 0.4) is 0 Å². The summed E-state index contributed by atoms with van der Waals surface area (Å²) in [5, 5.41) is 27.8. The normalized spacial score (nSPS) is 41.1. The van der Waals surface area contributed by atoms with E-state index in [0.29, 0.717) is 0 Å². The van der Waals surface area contributed by atoms with E-state index in [9.17, 15) is 10.2 Å².